The summed E-state index contributed by atoms with van der Waals surface area (Å²) in [5, 5.41) is 18.2. The molecule has 0 aliphatic rings. The van der Waals surface area contributed by atoms with Gasteiger partial charge in [0, 0.05) is 47.8 Å². The highest BCUT2D eigenvalue weighted by atomic mass is 32.2. The molecule has 0 atom stereocenters. The number of rotatable bonds is 11. The maximum atomic E-state index is 13.1. The molecule has 2 aromatic heterocycles. The van der Waals surface area contributed by atoms with Gasteiger partial charge in [-0.25, -0.2) is 26.4 Å². The second-order valence-electron chi connectivity index (χ2n) is 11.5. The Morgan fingerprint density at radius 3 is 1.65 bits per heavy atom. The first-order chi connectivity index (χ1) is 25.6. The van der Waals surface area contributed by atoms with E-state index in [1.165, 1.54) is 47.8 Å². The van der Waals surface area contributed by atoms with E-state index >= 15 is 0 Å². The van der Waals surface area contributed by atoms with Gasteiger partial charge >= 0.3 is 11.9 Å². The van der Waals surface area contributed by atoms with E-state index in [0.29, 0.717) is 34.8 Å². The Kier molecular flexibility index (Phi) is 11.2. The van der Waals surface area contributed by atoms with E-state index < -0.39 is 54.0 Å². The van der Waals surface area contributed by atoms with Gasteiger partial charge in [-0.1, -0.05) is 30.3 Å². The number of aromatic carboxylic acids is 2. The third kappa shape index (κ3) is 7.53. The van der Waals surface area contributed by atoms with Crippen LogP contribution in [-0.4, -0.2) is 69.2 Å². The summed E-state index contributed by atoms with van der Waals surface area (Å²) in [5.41, 5.74) is -0.838. The highest BCUT2D eigenvalue weighted by Crippen LogP contribution is 2.32. The number of aromatic nitrogens is 2. The number of hydrogen-bond donors (Lipinski definition) is 4. The van der Waals surface area contributed by atoms with E-state index in [-0.39, 0.29) is 27.1 Å². The van der Waals surface area contributed by atoms with Crippen LogP contribution in [0.2, 0.25) is 0 Å². The minimum atomic E-state index is -4.02. The molecule has 4 aromatic carbocycles. The lowest BCUT2D eigenvalue weighted by Gasteiger charge is -2.23. The second-order valence-corrected chi connectivity index (χ2v) is 15.3. The first-order valence-corrected chi connectivity index (χ1v) is 19.1. The smallest absolute Gasteiger partial charge is 0.341 e. The van der Waals surface area contributed by atoms with Crippen molar-refractivity contribution in [1.82, 2.24) is 9.97 Å². The number of anilines is 2. The molecule has 0 radical (unpaired) electrons. The number of fused-ring (bicyclic) bond motifs is 2. The van der Waals surface area contributed by atoms with Crippen molar-refractivity contribution in [2.24, 2.45) is 0 Å². The summed E-state index contributed by atoms with van der Waals surface area (Å²) in [6.07, 6.45) is 2.19. The third-order valence-electron chi connectivity index (χ3n) is 8.25. The number of hydrogen-bond acceptors (Lipinski definition) is 9. The minimum absolute atomic E-state index is 0.00934. The zero-order chi connectivity index (χ0) is 39.4. The van der Waals surface area contributed by atoms with Crippen LogP contribution in [0.25, 0.3) is 21.8 Å². The van der Waals surface area contributed by atoms with Gasteiger partial charge in [0.2, 0.25) is 10.9 Å². The van der Waals surface area contributed by atoms with Crippen molar-refractivity contribution in [2.75, 3.05) is 28.8 Å². The number of nitrogens with one attached hydrogen (secondary N) is 2. The zero-order valence-electron chi connectivity index (χ0n) is 29.0. The number of ether oxygens (including phenoxy) is 1. The topological polar surface area (TPSA) is 224 Å². The maximum absolute atomic E-state index is 13.1. The molecule has 54 heavy (non-hydrogen) atoms. The van der Waals surface area contributed by atoms with Gasteiger partial charge in [-0.3, -0.25) is 18.2 Å². The average Bonchev–Trinajstić information content (AvgIpc) is 3.15. The van der Waals surface area contributed by atoms with Crippen LogP contribution >= 0.6 is 0 Å². The van der Waals surface area contributed by atoms with Crippen molar-refractivity contribution in [3.63, 3.8) is 0 Å². The summed E-state index contributed by atoms with van der Waals surface area (Å²) in [5.74, 6) is -2.36. The molecule has 0 saturated carbocycles. The molecule has 17 heteroatoms. The molecule has 0 fully saturated rings. The molecular weight excluding hydrogens is 741 g/mol. The van der Waals surface area contributed by atoms with Crippen molar-refractivity contribution in [2.45, 2.75) is 23.6 Å². The Morgan fingerprint density at radius 2 is 1.17 bits per heavy atom. The molecular formula is C37H34N4O11S2. The first-order valence-electron chi connectivity index (χ1n) is 16.2. The highest BCUT2D eigenvalue weighted by Gasteiger charge is 2.26. The van der Waals surface area contributed by atoms with Crippen molar-refractivity contribution in [3.05, 3.63) is 135 Å². The van der Waals surface area contributed by atoms with Crippen molar-refractivity contribution >= 4 is 65.2 Å². The summed E-state index contributed by atoms with van der Waals surface area (Å²) in [4.78, 5) is 52.3. The lowest BCUT2D eigenvalue weighted by atomic mass is 10.1. The van der Waals surface area contributed by atoms with E-state index in [4.69, 9.17) is 14.9 Å². The fourth-order valence-corrected chi connectivity index (χ4v) is 8.26. The van der Waals surface area contributed by atoms with Gasteiger partial charge in [-0.15, -0.1) is 0 Å². The van der Waals surface area contributed by atoms with E-state index in [1.54, 1.807) is 68.4 Å². The molecule has 0 bridgehead atoms. The SMILES string of the molecule is CCN(c1ccccc1)S(=O)(=O)c1ccc2[nH]cc(C(=O)O)c(=O)c2c1.CCOc1ccccc1N(C)S(=O)(=O)c1ccc2[nH]cc(C(=O)O)c(=O)c2c1. The van der Waals surface area contributed by atoms with E-state index in [9.17, 15) is 36.0 Å². The van der Waals surface area contributed by atoms with Crippen LogP contribution in [0, 0.1) is 0 Å². The Balaban J connectivity index is 0.000000208. The third-order valence-corrected chi connectivity index (χ3v) is 11.9. The van der Waals surface area contributed by atoms with E-state index in [1.807, 2.05) is 0 Å². The number of sulfonamides is 2. The predicted molar refractivity (Wildman–Crippen MR) is 203 cm³/mol. The Bertz CT molecular complexity index is 2730. The normalized spacial score (nSPS) is 11.4. The zero-order valence-corrected chi connectivity index (χ0v) is 30.6. The summed E-state index contributed by atoms with van der Waals surface area (Å²) in [6.45, 7) is 4.08. The van der Waals surface area contributed by atoms with Crippen LogP contribution in [0.5, 0.6) is 5.75 Å². The van der Waals surface area contributed by atoms with Gasteiger partial charge in [0.25, 0.3) is 20.0 Å². The van der Waals surface area contributed by atoms with Crippen LogP contribution in [0.15, 0.2) is 123 Å². The quantitative estimate of drug-likeness (QED) is 0.139. The maximum Gasteiger partial charge on any atom is 0.341 e. The van der Waals surface area contributed by atoms with Gasteiger partial charge in [0.15, 0.2) is 0 Å². The predicted octanol–water partition coefficient (Wildman–Crippen LogP) is 4.89. The van der Waals surface area contributed by atoms with Crippen LogP contribution < -0.4 is 24.2 Å². The van der Waals surface area contributed by atoms with Gasteiger partial charge < -0.3 is 24.9 Å². The standard InChI is InChI=1S/C19H18N2O6S.C18H16N2O5S/c1-3-27-17-7-5-4-6-16(17)21(2)28(25,26)12-8-9-15-13(10-12)18(22)14(11-20-15)19(23)24;1-2-20(12-6-4-3-5-7-12)26(24,25)13-8-9-16-14(10-13)17(21)15(11-19-16)18(22)23/h4-11H,3H2,1-2H3,(H,20,22)(H,23,24);3-11H,2H2,1H3,(H,19,21)(H,22,23). The summed E-state index contributed by atoms with van der Waals surface area (Å²) >= 11 is 0. The number of nitrogens with zero attached hydrogens (tertiary/aromatic N) is 2. The molecule has 280 valence electrons. The number of carbonyl (C=O) groups is 2. The first kappa shape index (κ1) is 38.8. The second kappa shape index (κ2) is 15.6. The number of para-hydroxylation sites is 3. The largest absolute Gasteiger partial charge is 0.492 e. The van der Waals surface area contributed by atoms with E-state index in [0.717, 1.165) is 16.7 Å². The molecule has 0 spiro atoms. The highest BCUT2D eigenvalue weighted by molar-refractivity contribution is 7.93. The summed E-state index contributed by atoms with van der Waals surface area (Å²) in [6, 6.07) is 23.3. The molecule has 0 aliphatic heterocycles. The number of carboxylic acids is 2. The van der Waals surface area contributed by atoms with Crippen LogP contribution in [-0.2, 0) is 20.0 Å². The average molecular weight is 775 g/mol. The van der Waals surface area contributed by atoms with Gasteiger partial charge in [0.1, 0.15) is 16.9 Å². The fraction of sp³-hybridized carbons (Fsp3) is 0.135. The molecule has 6 rings (SSSR count). The number of benzene rings is 4. The molecule has 4 N–H and O–H groups in total. The molecule has 0 unspecified atom stereocenters. The van der Waals surface area contributed by atoms with Crippen molar-refractivity contribution < 1.29 is 41.4 Å². The lowest BCUT2D eigenvalue weighted by molar-refractivity contribution is 0.0684. The molecule has 2 heterocycles. The number of aromatic amines is 2. The Hall–Kier alpha value is -6.46. The fourth-order valence-electron chi connectivity index (χ4n) is 5.53. The monoisotopic (exact) mass is 774 g/mol. The molecule has 6 aromatic rings. The van der Waals surface area contributed by atoms with Crippen LogP contribution in [0.4, 0.5) is 11.4 Å². The van der Waals surface area contributed by atoms with Crippen molar-refractivity contribution in [3.8, 4) is 5.75 Å². The molecule has 0 saturated heterocycles. The summed E-state index contributed by atoms with van der Waals surface area (Å²) in [7, 11) is -6.55. The number of H-pyrrole nitrogens is 2. The summed E-state index contributed by atoms with van der Waals surface area (Å²) < 4.78 is 60.1. The number of pyridine rings is 2. The van der Waals surface area contributed by atoms with Gasteiger partial charge in [-0.2, -0.15) is 0 Å². The lowest BCUT2D eigenvalue weighted by Crippen LogP contribution is -2.30. The molecule has 15 nitrogen and oxygen atoms in total. The van der Waals surface area contributed by atoms with Crippen LogP contribution in [0.3, 0.4) is 0 Å². The molecule has 0 aliphatic carbocycles. The van der Waals surface area contributed by atoms with Gasteiger partial charge in [0.05, 0.1) is 27.8 Å². The van der Waals surface area contributed by atoms with Gasteiger partial charge in [-0.05, 0) is 74.5 Å². The Labute approximate surface area is 308 Å². The van der Waals surface area contributed by atoms with Crippen molar-refractivity contribution in [1.29, 1.82) is 0 Å². The van der Waals surface area contributed by atoms with Crippen LogP contribution in [0.1, 0.15) is 34.6 Å². The molecule has 0 amide bonds. The minimum Gasteiger partial charge on any atom is -0.492 e. The number of carboxylic acid groups (broad SMARTS) is 2. The Morgan fingerprint density at radius 1 is 0.685 bits per heavy atom. The van der Waals surface area contributed by atoms with E-state index in [2.05, 4.69) is 9.97 Å².